The van der Waals surface area contributed by atoms with E-state index < -0.39 is 0 Å². The van der Waals surface area contributed by atoms with Gasteiger partial charge >= 0.3 is 11.9 Å². The van der Waals surface area contributed by atoms with Crippen molar-refractivity contribution < 1.29 is 19.1 Å². The van der Waals surface area contributed by atoms with Crippen LogP contribution in [0.4, 0.5) is 0 Å². The Balaban J connectivity index is 2.35. The van der Waals surface area contributed by atoms with E-state index in [1.54, 1.807) is 24.3 Å². The smallest absolute Gasteiger partial charge is 0.338 e. The van der Waals surface area contributed by atoms with Crippen molar-refractivity contribution in [1.29, 1.82) is 0 Å². The summed E-state index contributed by atoms with van der Waals surface area (Å²) < 4.78 is 10.6. The minimum atomic E-state index is -0.362. The summed E-state index contributed by atoms with van der Waals surface area (Å²) in [5.74, 6) is -0.725. The van der Waals surface area contributed by atoms with Crippen LogP contribution in [0.15, 0.2) is 24.3 Å². The summed E-state index contributed by atoms with van der Waals surface area (Å²) in [5, 5.41) is 0. The second-order valence-corrected chi connectivity index (χ2v) is 6.61. The molecule has 6 nitrogen and oxygen atoms in total. The van der Waals surface area contributed by atoms with Gasteiger partial charge in [0.1, 0.15) is 0 Å². The van der Waals surface area contributed by atoms with Crippen molar-refractivity contribution in [3.8, 4) is 0 Å². The van der Waals surface area contributed by atoms with E-state index in [4.69, 9.17) is 9.47 Å². The highest BCUT2D eigenvalue weighted by molar-refractivity contribution is 5.93. The van der Waals surface area contributed by atoms with Gasteiger partial charge in [0.2, 0.25) is 0 Å². The molecule has 0 aromatic heterocycles. The molecule has 1 aromatic carbocycles. The van der Waals surface area contributed by atoms with E-state index in [1.807, 2.05) is 0 Å². The number of esters is 2. The summed E-state index contributed by atoms with van der Waals surface area (Å²) in [6.45, 7) is 15.1. The number of rotatable bonds is 14. The van der Waals surface area contributed by atoms with E-state index in [1.165, 1.54) is 0 Å². The summed E-state index contributed by atoms with van der Waals surface area (Å²) in [6.07, 6.45) is 1.62. The predicted octanol–water partition coefficient (Wildman–Crippen LogP) is 3.46. The number of ether oxygens (including phenoxy) is 2. The lowest BCUT2D eigenvalue weighted by Gasteiger charge is -2.17. The van der Waals surface area contributed by atoms with Gasteiger partial charge in [-0.05, 0) is 63.3 Å². The molecular formula is C22H36N2O4. The number of hydrogen-bond acceptors (Lipinski definition) is 6. The molecule has 0 N–H and O–H groups in total. The lowest BCUT2D eigenvalue weighted by atomic mass is 10.1. The maximum absolute atomic E-state index is 12.1. The zero-order chi connectivity index (χ0) is 20.8. The Morgan fingerprint density at radius 1 is 0.679 bits per heavy atom. The average molecular weight is 393 g/mol. The maximum atomic E-state index is 12.1. The molecule has 0 saturated carbocycles. The number of carbonyl (C=O) groups is 2. The zero-order valence-electron chi connectivity index (χ0n) is 17.9. The third-order valence-electron chi connectivity index (χ3n) is 4.85. The molecule has 0 aliphatic carbocycles. The molecule has 0 atom stereocenters. The molecule has 0 radical (unpaired) electrons. The van der Waals surface area contributed by atoms with E-state index in [0.717, 1.165) is 52.1 Å². The minimum Gasteiger partial charge on any atom is -0.462 e. The van der Waals surface area contributed by atoms with Crippen LogP contribution in [0, 0.1) is 0 Å². The highest BCUT2D eigenvalue weighted by Crippen LogP contribution is 2.08. The number of nitrogens with zero attached hydrogens (tertiary/aromatic N) is 2. The van der Waals surface area contributed by atoms with Gasteiger partial charge in [-0.2, -0.15) is 0 Å². The Labute approximate surface area is 169 Å². The number of carbonyl (C=O) groups excluding carboxylic acids is 2. The van der Waals surface area contributed by atoms with Gasteiger partial charge < -0.3 is 19.3 Å². The van der Waals surface area contributed by atoms with Crippen LogP contribution in [0.1, 0.15) is 61.3 Å². The van der Waals surface area contributed by atoms with Gasteiger partial charge in [-0.3, -0.25) is 0 Å². The van der Waals surface area contributed by atoms with Crippen molar-refractivity contribution in [1.82, 2.24) is 9.80 Å². The van der Waals surface area contributed by atoms with Crippen LogP contribution in [-0.2, 0) is 9.47 Å². The highest BCUT2D eigenvalue weighted by atomic mass is 16.5. The molecule has 1 rings (SSSR count). The first-order valence-corrected chi connectivity index (χ1v) is 10.4. The van der Waals surface area contributed by atoms with E-state index >= 15 is 0 Å². The van der Waals surface area contributed by atoms with Crippen LogP contribution in [0.5, 0.6) is 0 Å². The van der Waals surface area contributed by atoms with Crippen molar-refractivity contribution in [3.05, 3.63) is 35.4 Å². The summed E-state index contributed by atoms with van der Waals surface area (Å²) in [7, 11) is 0. The van der Waals surface area contributed by atoms with Crippen LogP contribution in [0.25, 0.3) is 0 Å². The summed E-state index contributed by atoms with van der Waals surface area (Å²) in [5.41, 5.74) is 0.891. The molecule has 0 aliphatic rings. The minimum absolute atomic E-state index is 0.362. The molecule has 0 fully saturated rings. The van der Waals surface area contributed by atoms with Gasteiger partial charge in [-0.25, -0.2) is 9.59 Å². The molecule has 0 aliphatic heterocycles. The Kier molecular flexibility index (Phi) is 12.2. The number of hydrogen-bond donors (Lipinski definition) is 0. The van der Waals surface area contributed by atoms with Gasteiger partial charge in [0.05, 0.1) is 24.3 Å². The van der Waals surface area contributed by atoms with Crippen LogP contribution in [-0.4, -0.2) is 74.2 Å². The van der Waals surface area contributed by atoms with Crippen LogP contribution in [0.2, 0.25) is 0 Å². The van der Waals surface area contributed by atoms with Gasteiger partial charge in [0.15, 0.2) is 0 Å². The monoisotopic (exact) mass is 392 g/mol. The first-order chi connectivity index (χ1) is 13.5. The predicted molar refractivity (Wildman–Crippen MR) is 112 cm³/mol. The molecule has 0 spiro atoms. The van der Waals surface area contributed by atoms with E-state index in [2.05, 4.69) is 37.5 Å². The lowest BCUT2D eigenvalue weighted by molar-refractivity contribution is 0.0475. The van der Waals surface area contributed by atoms with E-state index in [-0.39, 0.29) is 11.9 Å². The lowest BCUT2D eigenvalue weighted by Crippen LogP contribution is -2.25. The average Bonchev–Trinajstić information content (AvgIpc) is 2.73. The largest absolute Gasteiger partial charge is 0.462 e. The number of benzene rings is 1. The fourth-order valence-corrected chi connectivity index (χ4v) is 2.89. The molecule has 0 bridgehead atoms. The van der Waals surface area contributed by atoms with Crippen LogP contribution in [0.3, 0.4) is 0 Å². The topological polar surface area (TPSA) is 59.1 Å². The van der Waals surface area contributed by atoms with Gasteiger partial charge in [-0.15, -0.1) is 0 Å². The highest BCUT2D eigenvalue weighted by Gasteiger charge is 2.11. The molecule has 158 valence electrons. The van der Waals surface area contributed by atoms with E-state index in [0.29, 0.717) is 24.3 Å². The van der Waals surface area contributed by atoms with Gasteiger partial charge in [0, 0.05) is 13.1 Å². The van der Waals surface area contributed by atoms with Crippen molar-refractivity contribution in [2.24, 2.45) is 0 Å². The van der Waals surface area contributed by atoms with E-state index in [9.17, 15) is 9.59 Å². The molecule has 1 aromatic rings. The quantitative estimate of drug-likeness (QED) is 0.357. The molecular weight excluding hydrogens is 356 g/mol. The zero-order valence-corrected chi connectivity index (χ0v) is 17.9. The third-order valence-corrected chi connectivity index (χ3v) is 4.85. The Morgan fingerprint density at radius 2 is 1.00 bits per heavy atom. The van der Waals surface area contributed by atoms with Crippen molar-refractivity contribution >= 4 is 11.9 Å². The first-order valence-electron chi connectivity index (χ1n) is 10.4. The second-order valence-electron chi connectivity index (χ2n) is 6.61. The van der Waals surface area contributed by atoms with Crippen molar-refractivity contribution in [2.75, 3.05) is 52.5 Å². The Bertz CT molecular complexity index is 515. The summed E-state index contributed by atoms with van der Waals surface area (Å²) in [6, 6.07) is 6.44. The molecule has 0 saturated heterocycles. The van der Waals surface area contributed by atoms with Crippen molar-refractivity contribution in [2.45, 2.75) is 40.5 Å². The van der Waals surface area contributed by atoms with Gasteiger partial charge in [-0.1, -0.05) is 27.7 Å². The first kappa shape index (κ1) is 24.1. The third kappa shape index (κ3) is 8.85. The summed E-state index contributed by atoms with van der Waals surface area (Å²) >= 11 is 0. The normalized spacial score (nSPS) is 11.1. The fourth-order valence-electron chi connectivity index (χ4n) is 2.89. The summed E-state index contributed by atoms with van der Waals surface area (Å²) in [4.78, 5) is 28.7. The molecule has 0 unspecified atom stereocenters. The van der Waals surface area contributed by atoms with Crippen LogP contribution < -0.4 is 0 Å². The Hall–Kier alpha value is -1.92. The van der Waals surface area contributed by atoms with Gasteiger partial charge in [0.25, 0.3) is 0 Å². The molecule has 0 amide bonds. The fraction of sp³-hybridized carbons (Fsp3) is 0.636. The van der Waals surface area contributed by atoms with Crippen LogP contribution >= 0.6 is 0 Å². The standard InChI is InChI=1S/C22H36N2O4/c1-5-23(6-2)15-9-17-27-21(25)19-11-13-20(14-12-19)22(26)28-18-10-16-24(7-3)8-4/h11-14H,5-10,15-18H2,1-4H3. The Morgan fingerprint density at radius 3 is 1.29 bits per heavy atom. The van der Waals surface area contributed by atoms with Crippen molar-refractivity contribution in [3.63, 3.8) is 0 Å². The molecule has 0 heterocycles. The maximum Gasteiger partial charge on any atom is 0.338 e. The molecule has 28 heavy (non-hydrogen) atoms. The second kappa shape index (κ2) is 14.1. The SMILES string of the molecule is CCN(CC)CCCOC(=O)c1ccc(C(=O)OCCCN(CC)CC)cc1. The molecule has 6 heteroatoms.